The lowest BCUT2D eigenvalue weighted by Gasteiger charge is -2.35. The van der Waals surface area contributed by atoms with Gasteiger partial charge in [0.2, 0.25) is 0 Å². The van der Waals surface area contributed by atoms with Crippen LogP contribution in [0.4, 0.5) is 0 Å². The highest BCUT2D eigenvalue weighted by Gasteiger charge is 2.22. The Labute approximate surface area is 135 Å². The molecule has 2 heteroatoms. The smallest absolute Gasteiger partial charge is 0.0366 e. The molecule has 1 aromatic heterocycles. The van der Waals surface area contributed by atoms with Crippen molar-refractivity contribution in [3.05, 3.63) is 53.4 Å². The average Bonchev–Trinajstić information content (AvgIpc) is 2.54. The van der Waals surface area contributed by atoms with Gasteiger partial charge in [-0.2, -0.15) is 0 Å². The van der Waals surface area contributed by atoms with Crippen molar-refractivity contribution in [3.63, 3.8) is 0 Å². The predicted octanol–water partition coefficient (Wildman–Crippen LogP) is 5.30. The molecule has 0 saturated carbocycles. The number of rotatable bonds is 6. The first-order valence-corrected chi connectivity index (χ1v) is 8.60. The van der Waals surface area contributed by atoms with Crippen LogP contribution in [0.25, 0.3) is 0 Å². The molecule has 120 valence electrons. The minimum absolute atomic E-state index is 0.546. The van der Waals surface area contributed by atoms with Gasteiger partial charge in [-0.25, -0.2) is 0 Å². The Bertz CT molecular complexity index is 498. The molecule has 2 heterocycles. The Balaban J connectivity index is 1.93. The van der Waals surface area contributed by atoms with E-state index in [-0.39, 0.29) is 0 Å². The normalized spacial score (nSPS) is 20.0. The first-order valence-electron chi connectivity index (χ1n) is 8.60. The lowest BCUT2D eigenvalue weighted by atomic mass is 9.96. The number of aromatic nitrogens is 1. The second-order valence-corrected chi connectivity index (χ2v) is 6.66. The van der Waals surface area contributed by atoms with E-state index in [1.54, 1.807) is 0 Å². The summed E-state index contributed by atoms with van der Waals surface area (Å²) in [5.74, 6) is 0. The topological polar surface area (TPSA) is 16.1 Å². The van der Waals surface area contributed by atoms with Gasteiger partial charge in [0.05, 0.1) is 0 Å². The zero-order valence-electron chi connectivity index (χ0n) is 14.4. The summed E-state index contributed by atoms with van der Waals surface area (Å²) >= 11 is 0. The van der Waals surface area contributed by atoms with Gasteiger partial charge in [-0.05, 0) is 64.6 Å². The van der Waals surface area contributed by atoms with Crippen LogP contribution in [-0.4, -0.2) is 23.0 Å². The Morgan fingerprint density at radius 2 is 2.14 bits per heavy atom. The second kappa shape index (κ2) is 8.89. The van der Waals surface area contributed by atoms with Crippen LogP contribution < -0.4 is 0 Å². The highest BCUT2D eigenvalue weighted by molar-refractivity contribution is 5.15. The molecule has 0 aliphatic carbocycles. The monoisotopic (exact) mass is 298 g/mol. The van der Waals surface area contributed by atoms with E-state index in [9.17, 15) is 0 Å². The number of hydrogen-bond acceptors (Lipinski definition) is 2. The molecule has 0 spiro atoms. The van der Waals surface area contributed by atoms with Crippen LogP contribution in [0, 0.1) is 0 Å². The summed E-state index contributed by atoms with van der Waals surface area (Å²) in [6, 6.07) is 4.83. The summed E-state index contributed by atoms with van der Waals surface area (Å²) in [6.45, 7) is 8.88. The van der Waals surface area contributed by atoms with Gasteiger partial charge in [-0.1, -0.05) is 35.8 Å². The molecule has 1 unspecified atom stereocenters. The van der Waals surface area contributed by atoms with Gasteiger partial charge >= 0.3 is 0 Å². The van der Waals surface area contributed by atoms with E-state index in [1.807, 2.05) is 12.4 Å². The van der Waals surface area contributed by atoms with Crippen molar-refractivity contribution >= 4 is 0 Å². The van der Waals surface area contributed by atoms with E-state index in [1.165, 1.54) is 48.9 Å². The molecule has 1 saturated heterocycles. The van der Waals surface area contributed by atoms with Crippen molar-refractivity contribution in [3.8, 4) is 0 Å². The Morgan fingerprint density at radius 3 is 2.86 bits per heavy atom. The third-order valence-electron chi connectivity index (χ3n) is 4.45. The molecule has 2 rings (SSSR count). The van der Waals surface area contributed by atoms with Gasteiger partial charge < -0.3 is 0 Å². The standard InChI is InChI=1S/C20H30N2/c1-17(2)8-6-9-18(3)12-15-22-14-5-4-11-20(22)19-10-7-13-21-16-19/h7-8,10,12-13,16,20H,4-6,9,11,14-15H2,1-3H3/b18-12+. The van der Waals surface area contributed by atoms with E-state index in [2.05, 4.69) is 54.9 Å². The maximum absolute atomic E-state index is 4.30. The molecule has 1 aliphatic heterocycles. The zero-order valence-corrected chi connectivity index (χ0v) is 14.4. The molecule has 1 aliphatic rings. The minimum Gasteiger partial charge on any atom is -0.293 e. The fourth-order valence-electron chi connectivity index (χ4n) is 3.12. The number of hydrogen-bond donors (Lipinski definition) is 0. The molecular formula is C20H30N2. The quantitative estimate of drug-likeness (QED) is 0.662. The zero-order chi connectivity index (χ0) is 15.8. The lowest BCUT2D eigenvalue weighted by molar-refractivity contribution is 0.165. The number of piperidine rings is 1. The van der Waals surface area contributed by atoms with Crippen LogP contribution in [-0.2, 0) is 0 Å². The number of nitrogens with zero attached hydrogens (tertiary/aromatic N) is 2. The molecule has 22 heavy (non-hydrogen) atoms. The van der Waals surface area contributed by atoms with Crippen molar-refractivity contribution in [1.82, 2.24) is 9.88 Å². The van der Waals surface area contributed by atoms with Crippen molar-refractivity contribution < 1.29 is 0 Å². The third kappa shape index (κ3) is 5.42. The SMILES string of the molecule is CC(C)=CCC/C(C)=C/CN1CCCCC1c1cccnc1. The minimum atomic E-state index is 0.546. The largest absolute Gasteiger partial charge is 0.293 e. The highest BCUT2D eigenvalue weighted by atomic mass is 15.2. The Morgan fingerprint density at radius 1 is 1.27 bits per heavy atom. The van der Waals surface area contributed by atoms with Gasteiger partial charge in [0.15, 0.2) is 0 Å². The van der Waals surface area contributed by atoms with Crippen LogP contribution >= 0.6 is 0 Å². The number of allylic oxidation sites excluding steroid dienone is 3. The maximum atomic E-state index is 4.30. The molecule has 1 fully saturated rings. The van der Waals surface area contributed by atoms with Crippen molar-refractivity contribution in [2.75, 3.05) is 13.1 Å². The maximum Gasteiger partial charge on any atom is 0.0366 e. The number of likely N-dealkylation sites (tertiary alicyclic amines) is 1. The van der Waals surface area contributed by atoms with Crippen LogP contribution in [0.15, 0.2) is 47.8 Å². The molecule has 2 nitrogen and oxygen atoms in total. The number of pyridine rings is 1. The Hall–Kier alpha value is -1.41. The summed E-state index contributed by atoms with van der Waals surface area (Å²) in [6.07, 6.45) is 14.9. The molecule has 0 aromatic carbocycles. The molecule has 0 N–H and O–H groups in total. The van der Waals surface area contributed by atoms with Crippen LogP contribution in [0.1, 0.15) is 64.5 Å². The van der Waals surface area contributed by atoms with Gasteiger partial charge in [0.25, 0.3) is 0 Å². The molecule has 1 atom stereocenters. The van der Waals surface area contributed by atoms with Gasteiger partial charge in [-0.3, -0.25) is 9.88 Å². The van der Waals surface area contributed by atoms with Crippen molar-refractivity contribution in [2.45, 2.75) is 58.9 Å². The highest BCUT2D eigenvalue weighted by Crippen LogP contribution is 2.30. The fraction of sp³-hybridized carbons (Fsp3) is 0.550. The van der Waals surface area contributed by atoms with Crippen LogP contribution in [0.3, 0.4) is 0 Å². The van der Waals surface area contributed by atoms with E-state index in [0.29, 0.717) is 6.04 Å². The molecule has 1 aromatic rings. The van der Waals surface area contributed by atoms with Gasteiger partial charge in [-0.15, -0.1) is 0 Å². The third-order valence-corrected chi connectivity index (χ3v) is 4.45. The van der Waals surface area contributed by atoms with Crippen molar-refractivity contribution in [2.24, 2.45) is 0 Å². The molecule has 0 radical (unpaired) electrons. The molecular weight excluding hydrogens is 268 g/mol. The van der Waals surface area contributed by atoms with Gasteiger partial charge in [0, 0.05) is 25.0 Å². The summed E-state index contributed by atoms with van der Waals surface area (Å²) < 4.78 is 0. The van der Waals surface area contributed by atoms with E-state index in [0.717, 1.165) is 13.0 Å². The summed E-state index contributed by atoms with van der Waals surface area (Å²) in [7, 11) is 0. The lowest BCUT2D eigenvalue weighted by Crippen LogP contribution is -2.33. The Kier molecular flexibility index (Phi) is 6.85. The predicted molar refractivity (Wildman–Crippen MR) is 94.8 cm³/mol. The second-order valence-electron chi connectivity index (χ2n) is 6.66. The average molecular weight is 298 g/mol. The van der Waals surface area contributed by atoms with Crippen LogP contribution in [0.2, 0.25) is 0 Å². The fourth-order valence-corrected chi connectivity index (χ4v) is 3.12. The molecule has 0 bridgehead atoms. The summed E-state index contributed by atoms with van der Waals surface area (Å²) in [5.41, 5.74) is 4.30. The first kappa shape index (κ1) is 17.0. The summed E-state index contributed by atoms with van der Waals surface area (Å²) in [4.78, 5) is 6.91. The van der Waals surface area contributed by atoms with Crippen molar-refractivity contribution in [1.29, 1.82) is 0 Å². The van der Waals surface area contributed by atoms with Crippen LogP contribution in [0.5, 0.6) is 0 Å². The first-order chi connectivity index (χ1) is 10.7. The van der Waals surface area contributed by atoms with E-state index in [4.69, 9.17) is 0 Å². The van der Waals surface area contributed by atoms with Gasteiger partial charge in [0.1, 0.15) is 0 Å². The summed E-state index contributed by atoms with van der Waals surface area (Å²) in [5, 5.41) is 0. The molecule has 0 amide bonds. The van der Waals surface area contributed by atoms with E-state index < -0.39 is 0 Å². The van der Waals surface area contributed by atoms with E-state index >= 15 is 0 Å².